The van der Waals surface area contributed by atoms with Gasteiger partial charge in [0, 0.05) is 32.5 Å². The van der Waals surface area contributed by atoms with Gasteiger partial charge in [0.2, 0.25) is 0 Å². The molecule has 0 spiro atoms. The van der Waals surface area contributed by atoms with E-state index in [1.807, 2.05) is 41.2 Å². The summed E-state index contributed by atoms with van der Waals surface area (Å²) in [6, 6.07) is 7.87. The molecule has 1 aliphatic rings. The van der Waals surface area contributed by atoms with Crippen molar-refractivity contribution in [1.29, 1.82) is 0 Å². The summed E-state index contributed by atoms with van der Waals surface area (Å²) in [4.78, 5) is 25.2. The maximum atomic E-state index is 12.4. The highest BCUT2D eigenvalue weighted by Crippen LogP contribution is 2.14. The maximum absolute atomic E-state index is 12.4. The lowest BCUT2D eigenvalue weighted by atomic mass is 10.2. The first-order valence-corrected chi connectivity index (χ1v) is 8.65. The van der Waals surface area contributed by atoms with Crippen LogP contribution in [-0.2, 0) is 17.7 Å². The number of aromatic nitrogens is 2. The zero-order valence-corrected chi connectivity index (χ0v) is 14.8. The second kappa shape index (κ2) is 8.07. The number of ether oxygens (including phenoxy) is 1. The van der Waals surface area contributed by atoms with E-state index in [0.29, 0.717) is 38.4 Å². The number of amides is 1. The topological polar surface area (TPSA) is 58.6 Å². The molecular formula is C19H24N4O2. The Hall–Kier alpha value is -2.47. The van der Waals surface area contributed by atoms with E-state index < -0.39 is 0 Å². The zero-order chi connectivity index (χ0) is 17.6. The molecule has 1 saturated heterocycles. The van der Waals surface area contributed by atoms with Gasteiger partial charge in [0.05, 0.1) is 31.0 Å². The highest BCUT2D eigenvalue weighted by molar-refractivity contribution is 5.94. The fourth-order valence-corrected chi connectivity index (χ4v) is 2.77. The van der Waals surface area contributed by atoms with E-state index in [9.17, 15) is 4.79 Å². The van der Waals surface area contributed by atoms with Crippen LogP contribution in [0.25, 0.3) is 0 Å². The monoisotopic (exact) mass is 340 g/mol. The Morgan fingerprint density at radius 1 is 1.16 bits per heavy atom. The summed E-state index contributed by atoms with van der Waals surface area (Å²) >= 11 is 0. The van der Waals surface area contributed by atoms with E-state index in [4.69, 9.17) is 4.74 Å². The SMILES string of the molecule is CCc1ccc(CN(C)c2ccc(C(=O)N3CCOCC3)cn2)nc1. The van der Waals surface area contributed by atoms with Crippen molar-refractivity contribution in [3.05, 3.63) is 53.5 Å². The molecule has 6 heteroatoms. The Kier molecular flexibility index (Phi) is 5.60. The van der Waals surface area contributed by atoms with Crippen molar-refractivity contribution in [2.45, 2.75) is 19.9 Å². The third-order valence-corrected chi connectivity index (χ3v) is 4.38. The summed E-state index contributed by atoms with van der Waals surface area (Å²) < 4.78 is 5.29. The third kappa shape index (κ3) is 4.33. The molecule has 0 unspecified atom stereocenters. The van der Waals surface area contributed by atoms with Gasteiger partial charge in [-0.15, -0.1) is 0 Å². The lowest BCUT2D eigenvalue weighted by Gasteiger charge is -2.27. The van der Waals surface area contributed by atoms with Gasteiger partial charge in [0.15, 0.2) is 0 Å². The van der Waals surface area contributed by atoms with Crippen molar-refractivity contribution in [2.75, 3.05) is 38.3 Å². The molecule has 0 aromatic carbocycles. The first-order chi connectivity index (χ1) is 12.2. The minimum Gasteiger partial charge on any atom is -0.378 e. The van der Waals surface area contributed by atoms with Crippen LogP contribution in [-0.4, -0.2) is 54.1 Å². The third-order valence-electron chi connectivity index (χ3n) is 4.38. The van der Waals surface area contributed by atoms with Gasteiger partial charge in [-0.05, 0) is 30.2 Å². The predicted octanol–water partition coefficient (Wildman–Crippen LogP) is 2.15. The molecule has 2 aromatic heterocycles. The van der Waals surface area contributed by atoms with Gasteiger partial charge in [-0.25, -0.2) is 4.98 Å². The average molecular weight is 340 g/mol. The summed E-state index contributed by atoms with van der Waals surface area (Å²) in [5.74, 6) is 0.835. The average Bonchev–Trinajstić information content (AvgIpc) is 2.69. The number of hydrogen-bond acceptors (Lipinski definition) is 5. The zero-order valence-electron chi connectivity index (χ0n) is 14.8. The van der Waals surface area contributed by atoms with E-state index in [1.54, 1.807) is 6.20 Å². The second-order valence-electron chi connectivity index (χ2n) is 6.18. The molecule has 1 fully saturated rings. The molecule has 6 nitrogen and oxygen atoms in total. The molecule has 3 heterocycles. The van der Waals surface area contributed by atoms with Gasteiger partial charge in [0.1, 0.15) is 5.82 Å². The van der Waals surface area contributed by atoms with Crippen molar-refractivity contribution in [1.82, 2.24) is 14.9 Å². The molecule has 0 aliphatic carbocycles. The number of anilines is 1. The number of rotatable bonds is 5. The lowest BCUT2D eigenvalue weighted by Crippen LogP contribution is -2.40. The molecule has 2 aromatic rings. The molecule has 0 saturated carbocycles. The molecule has 1 amide bonds. The lowest BCUT2D eigenvalue weighted by molar-refractivity contribution is 0.0302. The van der Waals surface area contributed by atoms with Crippen molar-refractivity contribution in [3.8, 4) is 0 Å². The molecule has 132 valence electrons. The van der Waals surface area contributed by atoms with Crippen LogP contribution in [0.2, 0.25) is 0 Å². The van der Waals surface area contributed by atoms with Crippen LogP contribution < -0.4 is 4.90 Å². The van der Waals surface area contributed by atoms with Gasteiger partial charge in [-0.2, -0.15) is 0 Å². The Balaban J connectivity index is 1.63. The number of hydrogen-bond donors (Lipinski definition) is 0. The second-order valence-corrected chi connectivity index (χ2v) is 6.18. The number of morpholine rings is 1. The van der Waals surface area contributed by atoms with Crippen molar-refractivity contribution in [2.24, 2.45) is 0 Å². The van der Waals surface area contributed by atoms with Crippen molar-refractivity contribution < 1.29 is 9.53 Å². The van der Waals surface area contributed by atoms with Crippen LogP contribution in [0.5, 0.6) is 0 Å². The minimum atomic E-state index is 0.0156. The Morgan fingerprint density at radius 3 is 2.56 bits per heavy atom. The summed E-state index contributed by atoms with van der Waals surface area (Å²) in [6.45, 7) is 5.27. The van der Waals surface area contributed by atoms with E-state index in [0.717, 1.165) is 17.9 Å². The van der Waals surface area contributed by atoms with Gasteiger partial charge in [-0.3, -0.25) is 9.78 Å². The van der Waals surface area contributed by atoms with Crippen molar-refractivity contribution in [3.63, 3.8) is 0 Å². The molecule has 0 atom stereocenters. The van der Waals surface area contributed by atoms with E-state index in [2.05, 4.69) is 23.0 Å². The van der Waals surface area contributed by atoms with Crippen molar-refractivity contribution >= 4 is 11.7 Å². The summed E-state index contributed by atoms with van der Waals surface area (Å²) in [5, 5.41) is 0. The number of nitrogens with zero attached hydrogens (tertiary/aromatic N) is 4. The summed E-state index contributed by atoms with van der Waals surface area (Å²) in [5.41, 5.74) is 2.84. The molecule has 0 N–H and O–H groups in total. The number of pyridine rings is 2. The maximum Gasteiger partial charge on any atom is 0.255 e. The highest BCUT2D eigenvalue weighted by atomic mass is 16.5. The van der Waals surface area contributed by atoms with E-state index in [-0.39, 0.29) is 5.91 Å². The Labute approximate surface area is 148 Å². The number of carbonyl (C=O) groups excluding carboxylic acids is 1. The largest absolute Gasteiger partial charge is 0.378 e. The van der Waals surface area contributed by atoms with Crippen LogP contribution in [0.3, 0.4) is 0 Å². The first-order valence-electron chi connectivity index (χ1n) is 8.65. The normalized spacial score (nSPS) is 14.4. The molecular weight excluding hydrogens is 316 g/mol. The van der Waals surface area contributed by atoms with Gasteiger partial charge in [-0.1, -0.05) is 13.0 Å². The van der Waals surface area contributed by atoms with Gasteiger partial charge >= 0.3 is 0 Å². The Morgan fingerprint density at radius 2 is 1.96 bits per heavy atom. The van der Waals surface area contributed by atoms with E-state index in [1.165, 1.54) is 5.56 Å². The Bertz CT molecular complexity index is 694. The molecule has 25 heavy (non-hydrogen) atoms. The fourth-order valence-electron chi connectivity index (χ4n) is 2.77. The standard InChI is InChI=1S/C19H24N4O2/c1-3-15-4-6-17(20-12-15)14-22(2)18-7-5-16(13-21-18)19(24)23-8-10-25-11-9-23/h4-7,12-13H,3,8-11,14H2,1-2H3. The predicted molar refractivity (Wildman–Crippen MR) is 96.7 cm³/mol. The molecule has 0 radical (unpaired) electrons. The first kappa shape index (κ1) is 17.4. The minimum absolute atomic E-state index is 0.0156. The van der Waals surface area contributed by atoms with Crippen LogP contribution in [0.15, 0.2) is 36.7 Å². The number of aryl methyl sites for hydroxylation is 1. The quantitative estimate of drug-likeness (QED) is 0.835. The van der Waals surface area contributed by atoms with Gasteiger partial charge in [0.25, 0.3) is 5.91 Å². The molecule has 3 rings (SSSR count). The van der Waals surface area contributed by atoms with E-state index >= 15 is 0 Å². The molecule has 1 aliphatic heterocycles. The van der Waals surface area contributed by atoms with Crippen LogP contribution in [0, 0.1) is 0 Å². The fraction of sp³-hybridized carbons (Fsp3) is 0.421. The molecule has 0 bridgehead atoms. The van der Waals surface area contributed by atoms with Crippen LogP contribution in [0.1, 0.15) is 28.5 Å². The summed E-state index contributed by atoms with van der Waals surface area (Å²) in [6.07, 6.45) is 4.56. The smallest absolute Gasteiger partial charge is 0.255 e. The number of carbonyl (C=O) groups is 1. The van der Waals surface area contributed by atoms with Gasteiger partial charge < -0.3 is 14.5 Å². The summed E-state index contributed by atoms with van der Waals surface area (Å²) in [7, 11) is 1.97. The van der Waals surface area contributed by atoms with Crippen LogP contribution >= 0.6 is 0 Å². The highest BCUT2D eigenvalue weighted by Gasteiger charge is 2.19. The van der Waals surface area contributed by atoms with Crippen LogP contribution in [0.4, 0.5) is 5.82 Å².